The van der Waals surface area contributed by atoms with Crippen LogP contribution in [0.4, 0.5) is 0 Å². The van der Waals surface area contributed by atoms with Gasteiger partial charge in [-0.25, -0.2) is 0 Å². The monoisotopic (exact) mass is 213 g/mol. The molecule has 1 aliphatic carbocycles. The number of hydrogen-bond acceptors (Lipinski definition) is 2. The van der Waals surface area contributed by atoms with Crippen molar-refractivity contribution >= 4 is 17.7 Å². The second-order valence-electron chi connectivity index (χ2n) is 4.32. The zero-order valence-corrected chi connectivity index (χ0v) is 9.44. The van der Waals surface area contributed by atoms with E-state index in [4.69, 9.17) is 0 Å². The number of nitrogens with one attached hydrogen (secondary N) is 1. The van der Waals surface area contributed by atoms with E-state index >= 15 is 0 Å². The first kappa shape index (κ1) is 10.3. The van der Waals surface area contributed by atoms with Crippen molar-refractivity contribution in [2.24, 2.45) is 0 Å². The minimum absolute atomic E-state index is 0.251. The van der Waals surface area contributed by atoms with Crippen LogP contribution in [-0.4, -0.2) is 23.0 Å². The van der Waals surface area contributed by atoms with Crippen LogP contribution in [0.2, 0.25) is 0 Å². The van der Waals surface area contributed by atoms with Gasteiger partial charge in [-0.05, 0) is 25.7 Å². The van der Waals surface area contributed by atoms with Gasteiger partial charge in [-0.3, -0.25) is 4.79 Å². The summed E-state index contributed by atoms with van der Waals surface area (Å²) in [6, 6.07) is 0. The Morgan fingerprint density at radius 3 is 2.57 bits per heavy atom. The number of hydrogen-bond donors (Lipinski definition) is 1. The van der Waals surface area contributed by atoms with E-state index in [9.17, 15) is 4.79 Å². The van der Waals surface area contributed by atoms with Crippen molar-refractivity contribution in [2.75, 3.05) is 6.54 Å². The summed E-state index contributed by atoms with van der Waals surface area (Å²) < 4.78 is 0. The Bertz CT molecular complexity index is 201. The molecule has 2 aliphatic rings. The maximum absolute atomic E-state index is 11.7. The minimum atomic E-state index is 0.251. The predicted molar refractivity (Wildman–Crippen MR) is 60.5 cm³/mol. The molecule has 2 fully saturated rings. The predicted octanol–water partition coefficient (Wildman–Crippen LogP) is 2.33. The smallest absolute Gasteiger partial charge is 0.233 e. The van der Waals surface area contributed by atoms with E-state index in [-0.39, 0.29) is 5.25 Å². The molecule has 0 aromatic carbocycles. The van der Waals surface area contributed by atoms with E-state index in [0.717, 1.165) is 24.6 Å². The van der Waals surface area contributed by atoms with Crippen LogP contribution in [0.3, 0.4) is 0 Å². The zero-order chi connectivity index (χ0) is 9.80. The molecular formula is C11H19NOS. The highest BCUT2D eigenvalue weighted by Crippen LogP contribution is 2.34. The maximum atomic E-state index is 11.7. The van der Waals surface area contributed by atoms with Crippen molar-refractivity contribution in [3.8, 4) is 0 Å². The first-order valence-electron chi connectivity index (χ1n) is 5.79. The van der Waals surface area contributed by atoms with Crippen molar-refractivity contribution < 1.29 is 4.79 Å². The van der Waals surface area contributed by atoms with Gasteiger partial charge in [0.25, 0.3) is 0 Å². The molecule has 0 bridgehead atoms. The topological polar surface area (TPSA) is 29.1 Å². The largest absolute Gasteiger partial charge is 0.355 e. The summed E-state index contributed by atoms with van der Waals surface area (Å²) in [4.78, 5) is 11.7. The summed E-state index contributed by atoms with van der Waals surface area (Å²) in [7, 11) is 0. The molecule has 2 rings (SSSR count). The summed E-state index contributed by atoms with van der Waals surface area (Å²) in [6.45, 7) is 0.889. The van der Waals surface area contributed by atoms with Crippen LogP contribution in [0.25, 0.3) is 0 Å². The van der Waals surface area contributed by atoms with Gasteiger partial charge in [0.05, 0.1) is 5.25 Å². The molecule has 2 nitrogen and oxygen atoms in total. The number of carbonyl (C=O) groups excluding carboxylic acids is 1. The summed E-state index contributed by atoms with van der Waals surface area (Å²) >= 11 is 1.94. The average Bonchev–Trinajstić information content (AvgIpc) is 2.60. The molecule has 1 heterocycles. The molecule has 1 amide bonds. The number of carbonyl (C=O) groups is 1. The highest BCUT2D eigenvalue weighted by Gasteiger charge is 2.26. The fourth-order valence-electron chi connectivity index (χ4n) is 2.30. The van der Waals surface area contributed by atoms with Gasteiger partial charge >= 0.3 is 0 Å². The Hall–Kier alpha value is -0.180. The molecule has 1 atom stereocenters. The molecule has 1 unspecified atom stereocenters. The third-order valence-electron chi connectivity index (χ3n) is 3.14. The van der Waals surface area contributed by atoms with Crippen molar-refractivity contribution in [3.63, 3.8) is 0 Å². The second kappa shape index (κ2) is 5.06. The van der Waals surface area contributed by atoms with Crippen LogP contribution in [0.5, 0.6) is 0 Å². The standard InChI is InChI=1S/C11H19NOS/c13-11-10(7-3-4-8-12-11)14-9-5-1-2-6-9/h9-10H,1-8H2,(H,12,13). The molecule has 0 aromatic heterocycles. The quantitative estimate of drug-likeness (QED) is 0.763. The van der Waals surface area contributed by atoms with Gasteiger partial charge in [0, 0.05) is 11.8 Å². The fourth-order valence-corrected chi connectivity index (χ4v) is 3.88. The molecule has 1 saturated carbocycles. The lowest BCUT2D eigenvalue weighted by molar-refractivity contribution is -0.120. The molecule has 0 radical (unpaired) electrons. The van der Waals surface area contributed by atoms with Crippen LogP contribution in [0, 0.1) is 0 Å². The van der Waals surface area contributed by atoms with Crippen molar-refractivity contribution in [3.05, 3.63) is 0 Å². The van der Waals surface area contributed by atoms with Gasteiger partial charge in [0.1, 0.15) is 0 Å². The molecule has 1 N–H and O–H groups in total. The summed E-state index contributed by atoms with van der Waals surface area (Å²) in [5.74, 6) is 0.291. The van der Waals surface area contributed by atoms with Crippen LogP contribution in [-0.2, 0) is 4.79 Å². The van der Waals surface area contributed by atoms with Gasteiger partial charge in [-0.1, -0.05) is 19.3 Å². The van der Waals surface area contributed by atoms with E-state index in [1.807, 2.05) is 11.8 Å². The molecular weight excluding hydrogens is 194 g/mol. The normalized spacial score (nSPS) is 30.0. The molecule has 1 saturated heterocycles. The third kappa shape index (κ3) is 2.66. The molecule has 80 valence electrons. The van der Waals surface area contributed by atoms with E-state index < -0.39 is 0 Å². The fraction of sp³-hybridized carbons (Fsp3) is 0.909. The van der Waals surface area contributed by atoms with Crippen molar-refractivity contribution in [1.82, 2.24) is 5.32 Å². The van der Waals surface area contributed by atoms with Crippen molar-refractivity contribution in [2.45, 2.75) is 55.4 Å². The Morgan fingerprint density at radius 2 is 1.79 bits per heavy atom. The highest BCUT2D eigenvalue weighted by atomic mass is 32.2. The lowest BCUT2D eigenvalue weighted by Crippen LogP contribution is -2.31. The SMILES string of the molecule is O=C1NCCCCC1SC1CCCC1. The number of amides is 1. The minimum Gasteiger partial charge on any atom is -0.355 e. The Labute approximate surface area is 90.2 Å². The molecule has 1 aliphatic heterocycles. The molecule has 14 heavy (non-hydrogen) atoms. The first-order valence-corrected chi connectivity index (χ1v) is 6.74. The molecule has 0 spiro atoms. The first-order chi connectivity index (χ1) is 6.86. The number of rotatable bonds is 2. The Kier molecular flexibility index (Phi) is 3.74. The average molecular weight is 213 g/mol. The highest BCUT2D eigenvalue weighted by molar-refractivity contribution is 8.01. The summed E-state index contributed by atoms with van der Waals surface area (Å²) in [6.07, 6.45) is 8.85. The summed E-state index contributed by atoms with van der Waals surface area (Å²) in [5.41, 5.74) is 0. The van der Waals surface area contributed by atoms with E-state index in [2.05, 4.69) is 5.32 Å². The van der Waals surface area contributed by atoms with Crippen LogP contribution >= 0.6 is 11.8 Å². The van der Waals surface area contributed by atoms with Crippen molar-refractivity contribution in [1.29, 1.82) is 0 Å². The van der Waals surface area contributed by atoms with Gasteiger partial charge in [0.2, 0.25) is 5.91 Å². The molecule has 3 heteroatoms. The van der Waals surface area contributed by atoms with E-state index in [1.54, 1.807) is 0 Å². The van der Waals surface area contributed by atoms with Gasteiger partial charge < -0.3 is 5.32 Å². The second-order valence-corrected chi connectivity index (χ2v) is 5.83. The Morgan fingerprint density at radius 1 is 1.07 bits per heavy atom. The molecule has 0 aromatic rings. The maximum Gasteiger partial charge on any atom is 0.233 e. The lowest BCUT2D eigenvalue weighted by atomic mass is 10.2. The van der Waals surface area contributed by atoms with Gasteiger partial charge in [-0.15, -0.1) is 11.8 Å². The van der Waals surface area contributed by atoms with Crippen LogP contribution in [0.1, 0.15) is 44.9 Å². The van der Waals surface area contributed by atoms with Crippen LogP contribution in [0.15, 0.2) is 0 Å². The van der Waals surface area contributed by atoms with E-state index in [0.29, 0.717) is 5.91 Å². The Balaban J connectivity index is 1.84. The van der Waals surface area contributed by atoms with E-state index in [1.165, 1.54) is 32.1 Å². The van der Waals surface area contributed by atoms with Gasteiger partial charge in [0.15, 0.2) is 0 Å². The lowest BCUT2D eigenvalue weighted by Gasteiger charge is -2.16. The van der Waals surface area contributed by atoms with Gasteiger partial charge in [-0.2, -0.15) is 0 Å². The van der Waals surface area contributed by atoms with Crippen LogP contribution < -0.4 is 5.32 Å². The third-order valence-corrected chi connectivity index (χ3v) is 4.78. The number of thioether (sulfide) groups is 1. The zero-order valence-electron chi connectivity index (χ0n) is 8.63. The summed E-state index contributed by atoms with van der Waals surface area (Å²) in [5, 5.41) is 4.03.